The molecule has 0 unspecified atom stereocenters. The van der Waals surface area contributed by atoms with E-state index in [1.165, 1.54) is 0 Å². The monoisotopic (exact) mass is 176 g/mol. The van der Waals surface area contributed by atoms with Gasteiger partial charge in [-0.15, -0.1) is 11.8 Å². The zero-order chi connectivity index (χ0) is 8.43. The molecule has 1 heterocycles. The molecular formula is C6H6F2N2S. The highest BCUT2D eigenvalue weighted by Gasteiger charge is 2.07. The van der Waals surface area contributed by atoms with Crippen LogP contribution in [0.4, 0.5) is 14.6 Å². The summed E-state index contributed by atoms with van der Waals surface area (Å²) >= 11 is 1.09. The van der Waals surface area contributed by atoms with Gasteiger partial charge < -0.3 is 5.73 Å². The van der Waals surface area contributed by atoms with Crippen molar-refractivity contribution in [1.29, 1.82) is 0 Å². The van der Waals surface area contributed by atoms with Crippen molar-refractivity contribution in [3.8, 4) is 0 Å². The minimum atomic E-state index is -0.819. The van der Waals surface area contributed by atoms with Gasteiger partial charge in [0.25, 0.3) is 0 Å². The number of anilines is 1. The van der Waals surface area contributed by atoms with Crippen molar-refractivity contribution in [3.63, 3.8) is 0 Å². The molecule has 0 aliphatic rings. The third-order valence-corrected chi connectivity index (χ3v) is 1.79. The molecule has 0 saturated carbocycles. The van der Waals surface area contributed by atoms with E-state index in [4.69, 9.17) is 5.73 Å². The number of halogens is 2. The lowest BCUT2D eigenvalue weighted by Gasteiger charge is -1.99. The summed E-state index contributed by atoms with van der Waals surface area (Å²) < 4.78 is 25.1. The predicted molar refractivity (Wildman–Crippen MR) is 40.3 cm³/mol. The smallest absolute Gasteiger partial charge is 0.168 e. The van der Waals surface area contributed by atoms with Crippen molar-refractivity contribution in [3.05, 3.63) is 17.7 Å². The van der Waals surface area contributed by atoms with Crippen LogP contribution in [0, 0.1) is 11.6 Å². The molecule has 0 radical (unpaired) electrons. The van der Waals surface area contributed by atoms with Gasteiger partial charge in [0.1, 0.15) is 5.03 Å². The van der Waals surface area contributed by atoms with E-state index in [9.17, 15) is 8.78 Å². The SMILES string of the molecule is CSc1nc(N)c(F)cc1F. The highest BCUT2D eigenvalue weighted by molar-refractivity contribution is 7.98. The van der Waals surface area contributed by atoms with Crippen LogP contribution in [0.5, 0.6) is 0 Å². The molecule has 11 heavy (non-hydrogen) atoms. The molecule has 0 aliphatic carbocycles. The van der Waals surface area contributed by atoms with Crippen LogP contribution in [0.15, 0.2) is 11.1 Å². The maximum Gasteiger partial charge on any atom is 0.168 e. The predicted octanol–water partition coefficient (Wildman–Crippen LogP) is 1.66. The topological polar surface area (TPSA) is 38.9 Å². The number of nitrogens with zero attached hydrogens (tertiary/aromatic N) is 1. The number of nitrogens with two attached hydrogens (primary N) is 1. The third kappa shape index (κ3) is 1.59. The van der Waals surface area contributed by atoms with Crippen LogP contribution >= 0.6 is 11.8 Å². The fourth-order valence-corrected chi connectivity index (χ4v) is 1.05. The summed E-state index contributed by atoms with van der Waals surface area (Å²) in [5, 5.41) is 0.115. The minimum Gasteiger partial charge on any atom is -0.381 e. The van der Waals surface area contributed by atoms with Gasteiger partial charge in [-0.3, -0.25) is 0 Å². The van der Waals surface area contributed by atoms with Crippen LogP contribution in [-0.4, -0.2) is 11.2 Å². The van der Waals surface area contributed by atoms with Gasteiger partial charge in [0.05, 0.1) is 0 Å². The van der Waals surface area contributed by atoms with Gasteiger partial charge in [-0.05, 0) is 6.26 Å². The summed E-state index contributed by atoms with van der Waals surface area (Å²) in [6, 6.07) is 0.730. The number of nitrogen functional groups attached to an aromatic ring is 1. The molecule has 1 rings (SSSR count). The highest BCUT2D eigenvalue weighted by Crippen LogP contribution is 2.19. The zero-order valence-corrected chi connectivity index (χ0v) is 6.58. The van der Waals surface area contributed by atoms with Gasteiger partial charge in [-0.2, -0.15) is 0 Å². The molecule has 2 nitrogen and oxygen atoms in total. The molecule has 1 aromatic rings. The first kappa shape index (κ1) is 8.26. The van der Waals surface area contributed by atoms with Crippen LogP contribution in [0.3, 0.4) is 0 Å². The van der Waals surface area contributed by atoms with Crippen molar-refractivity contribution < 1.29 is 8.78 Å². The number of hydrogen-bond acceptors (Lipinski definition) is 3. The second-order valence-corrected chi connectivity index (χ2v) is 2.64. The average molecular weight is 176 g/mol. The van der Waals surface area contributed by atoms with E-state index in [1.807, 2.05) is 0 Å². The zero-order valence-electron chi connectivity index (χ0n) is 5.77. The molecule has 60 valence electrons. The van der Waals surface area contributed by atoms with Crippen LogP contribution in [0.25, 0.3) is 0 Å². The first-order valence-corrected chi connectivity index (χ1v) is 4.03. The second-order valence-electron chi connectivity index (χ2n) is 1.85. The van der Waals surface area contributed by atoms with Crippen molar-refractivity contribution in [2.75, 3.05) is 12.0 Å². The number of aromatic nitrogens is 1. The largest absolute Gasteiger partial charge is 0.381 e. The lowest BCUT2D eigenvalue weighted by Crippen LogP contribution is -1.98. The van der Waals surface area contributed by atoms with E-state index < -0.39 is 11.6 Å². The van der Waals surface area contributed by atoms with Crippen LogP contribution in [0.2, 0.25) is 0 Å². The number of rotatable bonds is 1. The first-order chi connectivity index (χ1) is 5.15. The van der Waals surface area contributed by atoms with E-state index in [-0.39, 0.29) is 10.8 Å². The Balaban J connectivity index is 3.21. The fourth-order valence-electron chi connectivity index (χ4n) is 0.606. The molecule has 0 aliphatic heterocycles. The van der Waals surface area contributed by atoms with E-state index in [2.05, 4.69) is 4.98 Å². The van der Waals surface area contributed by atoms with Gasteiger partial charge in [0, 0.05) is 6.07 Å². The number of thioether (sulfide) groups is 1. The molecule has 0 atom stereocenters. The van der Waals surface area contributed by atoms with Crippen LogP contribution < -0.4 is 5.73 Å². The van der Waals surface area contributed by atoms with Crippen molar-refractivity contribution >= 4 is 17.6 Å². The second kappa shape index (κ2) is 3.04. The maximum atomic E-state index is 12.7. The standard InChI is InChI=1S/C6H6F2N2S/c1-11-6-4(8)2-3(7)5(9)10-6/h2H,1H3,(H2,9,10). The Labute approximate surface area is 66.8 Å². The molecule has 0 saturated heterocycles. The minimum absolute atomic E-state index is 0.115. The third-order valence-electron chi connectivity index (χ3n) is 1.12. The molecule has 1 aromatic heterocycles. The van der Waals surface area contributed by atoms with Crippen molar-refractivity contribution in [1.82, 2.24) is 4.98 Å². The van der Waals surface area contributed by atoms with Gasteiger partial charge in [0.15, 0.2) is 17.5 Å². The summed E-state index contributed by atoms with van der Waals surface area (Å²) in [5.74, 6) is -1.76. The van der Waals surface area contributed by atoms with Crippen LogP contribution in [-0.2, 0) is 0 Å². The summed E-state index contributed by atoms with van der Waals surface area (Å²) in [5.41, 5.74) is 5.10. The highest BCUT2D eigenvalue weighted by atomic mass is 32.2. The Kier molecular flexibility index (Phi) is 2.28. The molecule has 0 amide bonds. The first-order valence-electron chi connectivity index (χ1n) is 2.80. The van der Waals surface area contributed by atoms with Gasteiger partial charge in [-0.25, -0.2) is 13.8 Å². The molecule has 5 heteroatoms. The average Bonchev–Trinajstić information content (AvgIpc) is 1.97. The molecular weight excluding hydrogens is 170 g/mol. The molecule has 0 bridgehead atoms. The van der Waals surface area contributed by atoms with Crippen molar-refractivity contribution in [2.45, 2.75) is 5.03 Å². The lowest BCUT2D eigenvalue weighted by atomic mass is 10.4. The number of pyridine rings is 1. The lowest BCUT2D eigenvalue weighted by molar-refractivity contribution is 0.553. The van der Waals surface area contributed by atoms with Gasteiger partial charge in [-0.1, -0.05) is 0 Å². The molecule has 0 aromatic carbocycles. The summed E-state index contributed by atoms with van der Waals surface area (Å²) in [7, 11) is 0. The Bertz CT molecular complexity index is 278. The Hall–Kier alpha value is -0.840. The van der Waals surface area contributed by atoms with Gasteiger partial charge in [0.2, 0.25) is 0 Å². The summed E-state index contributed by atoms with van der Waals surface area (Å²) in [6.45, 7) is 0. The molecule has 0 spiro atoms. The van der Waals surface area contributed by atoms with Crippen molar-refractivity contribution in [2.24, 2.45) is 0 Å². The van der Waals surface area contributed by atoms with Gasteiger partial charge >= 0.3 is 0 Å². The van der Waals surface area contributed by atoms with E-state index in [1.54, 1.807) is 6.26 Å². The molecule has 0 fully saturated rings. The van der Waals surface area contributed by atoms with E-state index in [0.29, 0.717) is 0 Å². The maximum absolute atomic E-state index is 12.7. The Morgan fingerprint density at radius 1 is 1.45 bits per heavy atom. The quantitative estimate of drug-likeness (QED) is 0.661. The fraction of sp³-hybridized carbons (Fsp3) is 0.167. The summed E-state index contributed by atoms with van der Waals surface area (Å²) in [4.78, 5) is 3.48. The normalized spacial score (nSPS) is 10.1. The van der Waals surface area contributed by atoms with E-state index >= 15 is 0 Å². The Morgan fingerprint density at radius 2 is 2.09 bits per heavy atom. The molecule has 2 N–H and O–H groups in total. The number of hydrogen-bond donors (Lipinski definition) is 1. The van der Waals surface area contributed by atoms with Crippen LogP contribution in [0.1, 0.15) is 0 Å². The van der Waals surface area contributed by atoms with E-state index in [0.717, 1.165) is 17.8 Å². The Morgan fingerprint density at radius 3 is 2.64 bits per heavy atom. The summed E-state index contributed by atoms with van der Waals surface area (Å²) in [6.07, 6.45) is 1.64.